The van der Waals surface area contributed by atoms with Crippen molar-refractivity contribution in [1.29, 1.82) is 0 Å². The van der Waals surface area contributed by atoms with Gasteiger partial charge in [-0.25, -0.2) is 8.42 Å². The topological polar surface area (TPSA) is 75.9 Å². The van der Waals surface area contributed by atoms with E-state index in [1.165, 1.54) is 0 Å². The van der Waals surface area contributed by atoms with Gasteiger partial charge in [-0.2, -0.15) is 4.31 Å². The highest BCUT2D eigenvalue weighted by atomic mass is 32.2. The van der Waals surface area contributed by atoms with Crippen LogP contribution in [0, 0.1) is 19.8 Å². The fourth-order valence-electron chi connectivity index (χ4n) is 4.68. The molecule has 4 aliphatic rings. The van der Waals surface area contributed by atoms with Crippen molar-refractivity contribution in [3.05, 3.63) is 11.5 Å². The van der Waals surface area contributed by atoms with Gasteiger partial charge in [0.05, 0.1) is 0 Å². The molecule has 0 aromatic carbocycles. The molecule has 25 heavy (non-hydrogen) atoms. The Morgan fingerprint density at radius 3 is 2.44 bits per heavy atom. The Kier molecular flexibility index (Phi) is 4.64. The van der Waals surface area contributed by atoms with Crippen LogP contribution in [-0.2, 0) is 14.8 Å². The predicted molar refractivity (Wildman–Crippen MR) is 91.8 cm³/mol. The third-order valence-electron chi connectivity index (χ3n) is 5.93. The van der Waals surface area contributed by atoms with Crippen LogP contribution < -0.4 is 0 Å². The molecule has 0 unspecified atom stereocenters. The first-order valence-electron chi connectivity index (χ1n) is 9.23. The molecule has 0 aliphatic carbocycles. The maximum absolute atomic E-state index is 13.3. The normalized spacial score (nSPS) is 29.8. The van der Waals surface area contributed by atoms with Crippen molar-refractivity contribution < 1.29 is 17.7 Å². The zero-order valence-electron chi connectivity index (χ0n) is 15.0. The first-order chi connectivity index (χ1) is 12.0. The van der Waals surface area contributed by atoms with E-state index in [1.54, 1.807) is 18.2 Å². The molecule has 0 amide bonds. The van der Waals surface area contributed by atoms with Gasteiger partial charge in [0, 0.05) is 44.9 Å². The van der Waals surface area contributed by atoms with Crippen LogP contribution in [0.5, 0.6) is 0 Å². The maximum Gasteiger partial charge on any atom is 0.248 e. The largest absolute Gasteiger partial charge is 0.381 e. The van der Waals surface area contributed by atoms with Gasteiger partial charge >= 0.3 is 0 Å². The summed E-state index contributed by atoms with van der Waals surface area (Å²) >= 11 is 0. The number of aromatic nitrogens is 1. The van der Waals surface area contributed by atoms with Gasteiger partial charge in [0.25, 0.3) is 0 Å². The molecule has 1 aromatic heterocycles. The molecule has 2 atom stereocenters. The Hall–Kier alpha value is -0.960. The lowest BCUT2D eigenvalue weighted by atomic mass is 9.97. The van der Waals surface area contributed by atoms with Crippen LogP contribution in [0.3, 0.4) is 0 Å². The lowest BCUT2D eigenvalue weighted by molar-refractivity contribution is 0.0320. The third-order valence-corrected chi connectivity index (χ3v) is 8.10. The van der Waals surface area contributed by atoms with Gasteiger partial charge in [0.15, 0.2) is 5.76 Å². The number of piperidine rings is 1. The second kappa shape index (κ2) is 6.64. The Morgan fingerprint density at radius 2 is 1.76 bits per heavy atom. The van der Waals surface area contributed by atoms with Crippen LogP contribution in [0.25, 0.3) is 0 Å². The average molecular weight is 369 g/mol. The highest BCUT2D eigenvalue weighted by molar-refractivity contribution is 7.89. The number of nitrogens with zero attached hydrogens (tertiary/aromatic N) is 3. The molecule has 4 fully saturated rings. The zero-order valence-corrected chi connectivity index (χ0v) is 15.8. The van der Waals surface area contributed by atoms with E-state index in [9.17, 15) is 8.42 Å². The van der Waals surface area contributed by atoms with E-state index in [2.05, 4.69) is 10.1 Å². The molecular formula is C17H27N3O4S. The van der Waals surface area contributed by atoms with E-state index < -0.39 is 10.0 Å². The molecule has 5 heterocycles. The van der Waals surface area contributed by atoms with Crippen LogP contribution in [0.15, 0.2) is 9.42 Å². The number of ether oxygens (including phenoxy) is 1. The van der Waals surface area contributed by atoms with Crippen LogP contribution in [0.1, 0.15) is 37.1 Å². The molecule has 140 valence electrons. The van der Waals surface area contributed by atoms with Gasteiger partial charge in [-0.3, -0.25) is 4.90 Å². The standard InChI is InChI=1S/C17H27N3O4S/c1-12-17(13(2)24-18-12)25(21,22)20-10-14-3-4-16(20)11-19(9-14)15-5-7-23-8-6-15/h14-16H,3-11H2,1-2H3/t14-,16+/m0/s1. The fourth-order valence-corrected chi connectivity index (χ4v) is 6.70. The number of hydrogen-bond acceptors (Lipinski definition) is 6. The lowest BCUT2D eigenvalue weighted by Gasteiger charge is -2.36. The summed E-state index contributed by atoms with van der Waals surface area (Å²) in [6.07, 6.45) is 4.15. The Morgan fingerprint density at radius 1 is 1.00 bits per heavy atom. The van der Waals surface area contributed by atoms with Crippen LogP contribution in [0.2, 0.25) is 0 Å². The number of rotatable bonds is 3. The minimum atomic E-state index is -3.56. The lowest BCUT2D eigenvalue weighted by Crippen LogP contribution is -2.48. The second-order valence-corrected chi connectivity index (χ2v) is 9.45. The van der Waals surface area contributed by atoms with E-state index in [0.717, 1.165) is 52.0 Å². The summed E-state index contributed by atoms with van der Waals surface area (Å²) in [6, 6.07) is 0.568. The molecular weight excluding hydrogens is 342 g/mol. The third kappa shape index (κ3) is 3.13. The smallest absolute Gasteiger partial charge is 0.248 e. The van der Waals surface area contributed by atoms with E-state index in [1.807, 2.05) is 0 Å². The van der Waals surface area contributed by atoms with Crippen LogP contribution in [0.4, 0.5) is 0 Å². The van der Waals surface area contributed by atoms with Crippen LogP contribution in [-0.4, -0.2) is 67.7 Å². The van der Waals surface area contributed by atoms with Crippen molar-refractivity contribution >= 4 is 10.0 Å². The van der Waals surface area contributed by atoms with Crippen molar-refractivity contribution in [3.8, 4) is 0 Å². The Labute approximate surface area is 149 Å². The first-order valence-corrected chi connectivity index (χ1v) is 10.7. The fraction of sp³-hybridized carbons (Fsp3) is 0.824. The minimum absolute atomic E-state index is 0.0419. The van der Waals surface area contributed by atoms with Crippen molar-refractivity contribution in [3.63, 3.8) is 0 Å². The van der Waals surface area contributed by atoms with E-state index >= 15 is 0 Å². The number of sulfonamides is 1. The second-order valence-electron chi connectivity index (χ2n) is 7.62. The number of hydrogen-bond donors (Lipinski definition) is 0. The van der Waals surface area contributed by atoms with Crippen molar-refractivity contribution in [2.75, 3.05) is 32.8 Å². The molecule has 4 aliphatic heterocycles. The van der Waals surface area contributed by atoms with Gasteiger partial charge in [0.1, 0.15) is 10.6 Å². The summed E-state index contributed by atoms with van der Waals surface area (Å²) in [5, 5.41) is 3.85. The number of fused-ring (bicyclic) bond motifs is 4. The molecule has 0 radical (unpaired) electrons. The van der Waals surface area contributed by atoms with E-state index in [4.69, 9.17) is 9.26 Å². The van der Waals surface area contributed by atoms with E-state index in [0.29, 0.717) is 30.0 Å². The molecule has 0 spiro atoms. The summed E-state index contributed by atoms with van der Waals surface area (Å²) in [7, 11) is -3.56. The Bertz CT molecular complexity index is 707. The van der Waals surface area contributed by atoms with Gasteiger partial charge in [0.2, 0.25) is 10.0 Å². The van der Waals surface area contributed by atoms with Crippen molar-refractivity contribution in [2.24, 2.45) is 5.92 Å². The quantitative estimate of drug-likeness (QED) is 0.805. The number of aryl methyl sites for hydroxylation is 2. The summed E-state index contributed by atoms with van der Waals surface area (Å²) < 4.78 is 38.9. The van der Waals surface area contributed by atoms with Gasteiger partial charge < -0.3 is 9.26 Å². The summed E-state index contributed by atoms with van der Waals surface area (Å²) in [5.41, 5.74) is 0.457. The molecule has 1 aromatic rings. The molecule has 7 nitrogen and oxygen atoms in total. The zero-order chi connectivity index (χ0) is 17.6. The highest BCUT2D eigenvalue weighted by Gasteiger charge is 2.44. The molecule has 8 heteroatoms. The van der Waals surface area contributed by atoms with E-state index in [-0.39, 0.29) is 10.9 Å². The Balaban J connectivity index is 1.60. The summed E-state index contributed by atoms with van der Waals surface area (Å²) in [5.74, 6) is 0.788. The highest BCUT2D eigenvalue weighted by Crippen LogP contribution is 2.35. The predicted octanol–water partition coefficient (Wildman–Crippen LogP) is 1.56. The molecule has 2 bridgehead atoms. The molecule has 4 saturated heterocycles. The first kappa shape index (κ1) is 17.5. The average Bonchev–Trinajstić information content (AvgIpc) is 2.79. The SMILES string of the molecule is Cc1noc(C)c1S(=O)(=O)N1C[C@H]2CC[C@@H]1CN(C1CCOCC1)C2. The van der Waals surface area contributed by atoms with Crippen molar-refractivity contribution in [1.82, 2.24) is 14.4 Å². The molecule has 0 N–H and O–H groups in total. The van der Waals surface area contributed by atoms with Crippen LogP contribution >= 0.6 is 0 Å². The van der Waals surface area contributed by atoms with Gasteiger partial charge in [-0.15, -0.1) is 0 Å². The molecule has 5 rings (SSSR count). The minimum Gasteiger partial charge on any atom is -0.381 e. The van der Waals surface area contributed by atoms with Crippen molar-refractivity contribution in [2.45, 2.75) is 56.5 Å². The maximum atomic E-state index is 13.3. The van der Waals surface area contributed by atoms with Gasteiger partial charge in [-0.1, -0.05) is 5.16 Å². The molecule has 0 saturated carbocycles. The summed E-state index contributed by atoms with van der Waals surface area (Å²) in [6.45, 7) is 7.44. The monoisotopic (exact) mass is 369 g/mol. The van der Waals surface area contributed by atoms with Gasteiger partial charge in [-0.05, 0) is 45.4 Å². The summed E-state index contributed by atoms with van der Waals surface area (Å²) in [4.78, 5) is 2.78.